The summed E-state index contributed by atoms with van der Waals surface area (Å²) in [5.41, 5.74) is 3.71. The predicted octanol–water partition coefficient (Wildman–Crippen LogP) is 3.45. The van der Waals surface area contributed by atoms with Gasteiger partial charge in [0.15, 0.2) is 0 Å². The largest absolute Gasteiger partial charge is 0.310 e. The minimum absolute atomic E-state index is 0.0333. The van der Waals surface area contributed by atoms with Crippen LogP contribution in [-0.4, -0.2) is 22.5 Å². The van der Waals surface area contributed by atoms with Gasteiger partial charge in [-0.1, -0.05) is 35.3 Å². The molecule has 1 heterocycles. The number of carbonyl (C=O) groups excluding carboxylic acids is 2. The van der Waals surface area contributed by atoms with Crippen LogP contribution in [0, 0.1) is 0 Å². The summed E-state index contributed by atoms with van der Waals surface area (Å²) in [4.78, 5) is 27.7. The molecule has 0 aliphatic carbocycles. The number of hydrogen-bond donors (Lipinski definition) is 2. The van der Waals surface area contributed by atoms with E-state index < -0.39 is 0 Å². The van der Waals surface area contributed by atoms with Crippen molar-refractivity contribution in [3.05, 3.63) is 58.2 Å². The van der Waals surface area contributed by atoms with Gasteiger partial charge < -0.3 is 5.32 Å². The molecule has 0 aliphatic rings. The molecule has 0 aliphatic heterocycles. The fourth-order valence-corrected chi connectivity index (χ4v) is 2.13. The van der Waals surface area contributed by atoms with E-state index in [2.05, 4.69) is 20.8 Å². The Balaban J connectivity index is 1.79. The molecule has 2 rings (SSSR count). The number of amides is 2. The summed E-state index contributed by atoms with van der Waals surface area (Å²) >= 11 is 11.5. The second-order valence-corrected chi connectivity index (χ2v) is 6.14. The first-order valence-electron chi connectivity index (χ1n) is 7.40. The highest BCUT2D eigenvalue weighted by atomic mass is 35.5. The lowest BCUT2D eigenvalue weighted by molar-refractivity contribution is -0.120. The zero-order chi connectivity index (χ0) is 18.2. The average molecular weight is 379 g/mol. The summed E-state index contributed by atoms with van der Waals surface area (Å²) in [6.07, 6.45) is 1.65. The van der Waals surface area contributed by atoms with Crippen molar-refractivity contribution in [3.63, 3.8) is 0 Å². The van der Waals surface area contributed by atoms with E-state index in [0.29, 0.717) is 21.6 Å². The molecule has 2 N–H and O–H groups in total. The van der Waals surface area contributed by atoms with E-state index in [0.717, 1.165) is 5.56 Å². The molecule has 25 heavy (non-hydrogen) atoms. The number of pyridine rings is 1. The van der Waals surface area contributed by atoms with Gasteiger partial charge in [0.05, 0.1) is 17.9 Å². The van der Waals surface area contributed by atoms with Crippen LogP contribution < -0.4 is 10.7 Å². The van der Waals surface area contributed by atoms with Gasteiger partial charge in [-0.2, -0.15) is 5.10 Å². The molecule has 1 aromatic carbocycles. The SMILES string of the molecule is C/C(CC(=O)Nc1ccc(Cl)cn1)=N/NC(=O)Cc1ccc(Cl)cc1. The number of anilines is 1. The Kier molecular flexibility index (Phi) is 6.91. The number of aromatic nitrogens is 1. The number of hydrogen-bond acceptors (Lipinski definition) is 4. The zero-order valence-electron chi connectivity index (χ0n) is 13.4. The number of nitrogens with one attached hydrogen (secondary N) is 2. The number of carbonyl (C=O) groups is 2. The van der Waals surface area contributed by atoms with Crippen LogP contribution in [-0.2, 0) is 16.0 Å². The average Bonchev–Trinajstić information content (AvgIpc) is 2.57. The maximum Gasteiger partial charge on any atom is 0.244 e. The van der Waals surface area contributed by atoms with Crippen molar-refractivity contribution in [2.24, 2.45) is 5.10 Å². The number of benzene rings is 1. The number of rotatable bonds is 6. The summed E-state index contributed by atoms with van der Waals surface area (Å²) in [6, 6.07) is 10.2. The van der Waals surface area contributed by atoms with Crippen LogP contribution in [0.1, 0.15) is 18.9 Å². The second-order valence-electron chi connectivity index (χ2n) is 5.27. The number of hydrazone groups is 1. The van der Waals surface area contributed by atoms with Gasteiger partial charge in [0.1, 0.15) is 5.82 Å². The molecule has 130 valence electrons. The molecule has 8 heteroatoms. The Morgan fingerprint density at radius 1 is 1.04 bits per heavy atom. The lowest BCUT2D eigenvalue weighted by Gasteiger charge is -2.05. The van der Waals surface area contributed by atoms with Crippen LogP contribution in [0.25, 0.3) is 0 Å². The highest BCUT2D eigenvalue weighted by Crippen LogP contribution is 2.10. The first kappa shape index (κ1) is 18.9. The maximum atomic E-state index is 11.9. The highest BCUT2D eigenvalue weighted by Gasteiger charge is 2.07. The Morgan fingerprint density at radius 3 is 2.36 bits per heavy atom. The third-order valence-corrected chi connectivity index (χ3v) is 3.54. The first-order chi connectivity index (χ1) is 11.9. The van der Waals surface area contributed by atoms with Gasteiger partial charge >= 0.3 is 0 Å². The minimum Gasteiger partial charge on any atom is -0.310 e. The van der Waals surface area contributed by atoms with Gasteiger partial charge in [0.25, 0.3) is 0 Å². The van der Waals surface area contributed by atoms with Crippen LogP contribution in [0.15, 0.2) is 47.7 Å². The summed E-state index contributed by atoms with van der Waals surface area (Å²) < 4.78 is 0. The molecule has 2 aromatic rings. The van der Waals surface area contributed by atoms with Gasteiger partial charge in [-0.25, -0.2) is 10.4 Å². The van der Waals surface area contributed by atoms with Gasteiger partial charge in [-0.15, -0.1) is 0 Å². The summed E-state index contributed by atoms with van der Waals surface area (Å²) in [5, 5.41) is 7.64. The fourth-order valence-electron chi connectivity index (χ4n) is 1.89. The van der Waals surface area contributed by atoms with E-state index >= 15 is 0 Å². The molecule has 2 amide bonds. The lowest BCUT2D eigenvalue weighted by atomic mass is 10.1. The van der Waals surface area contributed by atoms with E-state index in [9.17, 15) is 9.59 Å². The van der Waals surface area contributed by atoms with Crippen molar-refractivity contribution in [1.82, 2.24) is 10.4 Å². The molecule has 6 nitrogen and oxygen atoms in total. The minimum atomic E-state index is -0.289. The molecule has 0 fully saturated rings. The smallest absolute Gasteiger partial charge is 0.244 e. The van der Waals surface area contributed by atoms with E-state index in [1.807, 2.05) is 0 Å². The summed E-state index contributed by atoms with van der Waals surface area (Å²) in [6.45, 7) is 1.65. The van der Waals surface area contributed by atoms with Crippen LogP contribution in [0.4, 0.5) is 5.82 Å². The molecule has 0 radical (unpaired) electrons. The lowest BCUT2D eigenvalue weighted by Crippen LogP contribution is -2.23. The second kappa shape index (κ2) is 9.15. The molecule has 1 aromatic heterocycles. The van der Waals surface area contributed by atoms with Crippen molar-refractivity contribution in [2.75, 3.05) is 5.32 Å². The molecule has 0 unspecified atom stereocenters. The summed E-state index contributed by atoms with van der Waals surface area (Å²) in [5.74, 6) is -0.168. The van der Waals surface area contributed by atoms with Crippen molar-refractivity contribution in [3.8, 4) is 0 Å². The highest BCUT2D eigenvalue weighted by molar-refractivity contribution is 6.30. The number of nitrogens with zero attached hydrogens (tertiary/aromatic N) is 2. The Hall–Kier alpha value is -2.44. The molecule has 0 bridgehead atoms. The normalized spacial score (nSPS) is 11.1. The quantitative estimate of drug-likeness (QED) is 0.596. The molecule has 0 saturated carbocycles. The Bertz CT molecular complexity index is 774. The monoisotopic (exact) mass is 378 g/mol. The fraction of sp³-hybridized carbons (Fsp3) is 0.176. The van der Waals surface area contributed by atoms with E-state index in [1.54, 1.807) is 43.3 Å². The van der Waals surface area contributed by atoms with Crippen LogP contribution >= 0.6 is 23.2 Å². The standard InChI is InChI=1S/C17H16Cl2N4O2/c1-11(8-16(24)21-15-7-6-14(19)10-20-15)22-23-17(25)9-12-2-4-13(18)5-3-12/h2-7,10H,8-9H2,1H3,(H,23,25)(H,20,21,24)/b22-11-. The van der Waals surface area contributed by atoms with E-state index in [4.69, 9.17) is 23.2 Å². The molecular weight excluding hydrogens is 363 g/mol. The van der Waals surface area contributed by atoms with Crippen molar-refractivity contribution in [2.45, 2.75) is 19.8 Å². The van der Waals surface area contributed by atoms with E-state index in [-0.39, 0.29) is 24.7 Å². The third kappa shape index (κ3) is 6.91. The van der Waals surface area contributed by atoms with E-state index in [1.165, 1.54) is 6.20 Å². The Labute approximate surface area is 155 Å². The topological polar surface area (TPSA) is 83.4 Å². The Morgan fingerprint density at radius 2 is 1.72 bits per heavy atom. The van der Waals surface area contributed by atoms with Crippen LogP contribution in [0.2, 0.25) is 10.0 Å². The molecule has 0 spiro atoms. The maximum absolute atomic E-state index is 11.9. The molecular formula is C17H16Cl2N4O2. The molecule has 0 saturated heterocycles. The zero-order valence-corrected chi connectivity index (χ0v) is 14.9. The van der Waals surface area contributed by atoms with Gasteiger partial charge in [0.2, 0.25) is 11.8 Å². The summed E-state index contributed by atoms with van der Waals surface area (Å²) in [7, 11) is 0. The third-order valence-electron chi connectivity index (χ3n) is 3.06. The van der Waals surface area contributed by atoms with Crippen molar-refractivity contribution in [1.29, 1.82) is 0 Å². The molecule has 0 atom stereocenters. The van der Waals surface area contributed by atoms with Crippen LogP contribution in [0.3, 0.4) is 0 Å². The van der Waals surface area contributed by atoms with Gasteiger partial charge in [0, 0.05) is 16.9 Å². The van der Waals surface area contributed by atoms with Crippen LogP contribution in [0.5, 0.6) is 0 Å². The van der Waals surface area contributed by atoms with Crippen molar-refractivity contribution < 1.29 is 9.59 Å². The van der Waals surface area contributed by atoms with Gasteiger partial charge in [-0.3, -0.25) is 9.59 Å². The predicted molar refractivity (Wildman–Crippen MR) is 98.9 cm³/mol. The number of halogens is 2. The van der Waals surface area contributed by atoms with Gasteiger partial charge in [-0.05, 0) is 36.8 Å². The first-order valence-corrected chi connectivity index (χ1v) is 8.16. The van der Waals surface area contributed by atoms with Crippen molar-refractivity contribution >= 4 is 46.5 Å².